The minimum Gasteiger partial charge on any atom is -0.484 e. The second-order valence-corrected chi connectivity index (χ2v) is 7.84. The van der Waals surface area contributed by atoms with E-state index in [9.17, 15) is 9.59 Å². The maximum absolute atomic E-state index is 13.1. The molecular formula is C24H28ClN3O3. The molecule has 0 aliphatic carbocycles. The van der Waals surface area contributed by atoms with E-state index in [4.69, 9.17) is 21.3 Å². The van der Waals surface area contributed by atoms with Crippen molar-refractivity contribution in [3.8, 4) is 5.75 Å². The fraction of sp³-hybridized carbons (Fsp3) is 0.375. The summed E-state index contributed by atoms with van der Waals surface area (Å²) >= 11 is 6.13. The molecule has 1 unspecified atom stereocenters. The molecule has 3 rings (SSSR count). The van der Waals surface area contributed by atoms with E-state index in [1.165, 1.54) is 0 Å². The number of hydrogen-bond donors (Lipinski definition) is 0. The second-order valence-electron chi connectivity index (χ2n) is 7.40. The van der Waals surface area contributed by atoms with Gasteiger partial charge in [-0.15, -0.1) is 0 Å². The van der Waals surface area contributed by atoms with Crippen LogP contribution < -0.4 is 10.3 Å². The highest BCUT2D eigenvalue weighted by Crippen LogP contribution is 2.23. The van der Waals surface area contributed by atoms with Gasteiger partial charge in [-0.05, 0) is 50.6 Å². The number of benzene rings is 2. The number of carbonyl (C=O) groups excluding carboxylic acids is 1. The van der Waals surface area contributed by atoms with Crippen molar-refractivity contribution in [1.82, 2.24) is 14.5 Å². The predicted octanol–water partition coefficient (Wildman–Crippen LogP) is 4.84. The lowest BCUT2D eigenvalue weighted by Crippen LogP contribution is -2.40. The molecule has 3 aromatic rings. The first kappa shape index (κ1) is 22.8. The van der Waals surface area contributed by atoms with Crippen LogP contribution in [0.3, 0.4) is 0 Å². The largest absolute Gasteiger partial charge is 0.484 e. The van der Waals surface area contributed by atoms with Gasteiger partial charge in [0.25, 0.3) is 11.5 Å². The fourth-order valence-corrected chi connectivity index (χ4v) is 3.75. The van der Waals surface area contributed by atoms with E-state index in [1.807, 2.05) is 44.2 Å². The van der Waals surface area contributed by atoms with E-state index in [2.05, 4.69) is 6.92 Å². The average Bonchev–Trinajstić information content (AvgIpc) is 2.78. The summed E-state index contributed by atoms with van der Waals surface area (Å²) in [4.78, 5) is 32.7. The van der Waals surface area contributed by atoms with Crippen LogP contribution in [0.2, 0.25) is 5.02 Å². The lowest BCUT2D eigenvalue weighted by atomic mass is 10.2. The number of unbranched alkanes of at least 4 members (excludes halogenated alkanes) is 1. The molecule has 164 valence electrons. The molecule has 1 aromatic heterocycles. The molecule has 6 nitrogen and oxygen atoms in total. The SMILES string of the molecule is CCCCN(C(=O)COc1ccccc1)C(C)c1nc2cc(Cl)ccc2c(=O)n1CC. The third kappa shape index (κ3) is 5.25. The number of amides is 1. The number of hydrogen-bond acceptors (Lipinski definition) is 4. The van der Waals surface area contributed by atoms with E-state index in [1.54, 1.807) is 27.7 Å². The van der Waals surface area contributed by atoms with Crippen molar-refractivity contribution in [3.05, 3.63) is 69.7 Å². The Morgan fingerprint density at radius 2 is 1.94 bits per heavy atom. The van der Waals surface area contributed by atoms with Crippen LogP contribution in [0.5, 0.6) is 5.75 Å². The lowest BCUT2D eigenvalue weighted by molar-refractivity contribution is -0.135. The van der Waals surface area contributed by atoms with Crippen molar-refractivity contribution in [2.24, 2.45) is 0 Å². The third-order valence-electron chi connectivity index (χ3n) is 5.28. The monoisotopic (exact) mass is 441 g/mol. The molecular weight excluding hydrogens is 414 g/mol. The van der Waals surface area contributed by atoms with Gasteiger partial charge in [-0.1, -0.05) is 43.1 Å². The Balaban J connectivity index is 1.94. The summed E-state index contributed by atoms with van der Waals surface area (Å²) in [5.41, 5.74) is 0.405. The van der Waals surface area contributed by atoms with Gasteiger partial charge < -0.3 is 9.64 Å². The maximum atomic E-state index is 13.1. The summed E-state index contributed by atoms with van der Waals surface area (Å²) in [5, 5.41) is 1.03. The topological polar surface area (TPSA) is 64.4 Å². The minimum absolute atomic E-state index is 0.0756. The number of fused-ring (bicyclic) bond motifs is 1. The zero-order valence-electron chi connectivity index (χ0n) is 18.2. The van der Waals surface area contributed by atoms with Crippen LogP contribution in [0, 0.1) is 0 Å². The van der Waals surface area contributed by atoms with Crippen LogP contribution in [0.15, 0.2) is 53.3 Å². The Morgan fingerprint density at radius 1 is 1.19 bits per heavy atom. The number of carbonyl (C=O) groups is 1. The molecule has 7 heteroatoms. The summed E-state index contributed by atoms with van der Waals surface area (Å²) < 4.78 is 7.31. The smallest absolute Gasteiger partial charge is 0.261 e. The molecule has 0 N–H and O–H groups in total. The highest BCUT2D eigenvalue weighted by atomic mass is 35.5. The first-order valence-electron chi connectivity index (χ1n) is 10.6. The third-order valence-corrected chi connectivity index (χ3v) is 5.52. The van der Waals surface area contributed by atoms with Crippen molar-refractivity contribution < 1.29 is 9.53 Å². The standard InChI is InChI=1S/C24H28ClN3O3/c1-4-6-14-28(22(29)16-31-19-10-8-7-9-11-19)17(3)23-26-21-15-18(25)12-13-20(21)24(30)27(23)5-2/h7-13,15,17H,4-6,14,16H2,1-3H3. The number of halogens is 1. The van der Waals surface area contributed by atoms with Crippen molar-refractivity contribution in [1.29, 1.82) is 0 Å². The van der Waals surface area contributed by atoms with Gasteiger partial charge in [0.15, 0.2) is 6.61 Å². The van der Waals surface area contributed by atoms with Gasteiger partial charge in [0.2, 0.25) is 0 Å². The number of aromatic nitrogens is 2. The first-order valence-corrected chi connectivity index (χ1v) is 11.0. The maximum Gasteiger partial charge on any atom is 0.261 e. The van der Waals surface area contributed by atoms with E-state index in [-0.39, 0.29) is 18.1 Å². The molecule has 1 atom stereocenters. The Bertz CT molecular complexity index is 1100. The average molecular weight is 442 g/mol. The number of para-hydroxylation sites is 1. The highest BCUT2D eigenvalue weighted by Gasteiger charge is 2.26. The number of ether oxygens (including phenoxy) is 1. The molecule has 0 saturated heterocycles. The first-order chi connectivity index (χ1) is 15.0. The van der Waals surface area contributed by atoms with Crippen LogP contribution >= 0.6 is 11.6 Å². The predicted molar refractivity (Wildman–Crippen MR) is 124 cm³/mol. The summed E-state index contributed by atoms with van der Waals surface area (Å²) in [6, 6.07) is 13.9. The van der Waals surface area contributed by atoms with Crippen LogP contribution in [-0.2, 0) is 11.3 Å². The number of nitrogens with zero attached hydrogens (tertiary/aromatic N) is 3. The Morgan fingerprint density at radius 3 is 2.61 bits per heavy atom. The van der Waals surface area contributed by atoms with Crippen LogP contribution in [-0.4, -0.2) is 33.5 Å². The van der Waals surface area contributed by atoms with Gasteiger partial charge in [0, 0.05) is 18.1 Å². The van der Waals surface area contributed by atoms with E-state index in [0.29, 0.717) is 40.6 Å². The van der Waals surface area contributed by atoms with Crippen molar-refractivity contribution in [2.45, 2.75) is 46.2 Å². The normalized spacial score (nSPS) is 12.0. The molecule has 31 heavy (non-hydrogen) atoms. The second kappa shape index (κ2) is 10.4. The molecule has 2 aromatic carbocycles. The van der Waals surface area contributed by atoms with E-state index in [0.717, 1.165) is 12.8 Å². The molecule has 0 spiro atoms. The van der Waals surface area contributed by atoms with E-state index < -0.39 is 6.04 Å². The van der Waals surface area contributed by atoms with Crippen LogP contribution in [0.4, 0.5) is 0 Å². The summed E-state index contributed by atoms with van der Waals surface area (Å²) in [5.74, 6) is 1.04. The van der Waals surface area contributed by atoms with Gasteiger partial charge in [0.05, 0.1) is 16.9 Å². The summed E-state index contributed by atoms with van der Waals surface area (Å²) in [6.45, 7) is 6.82. The lowest BCUT2D eigenvalue weighted by Gasteiger charge is -2.30. The van der Waals surface area contributed by atoms with Crippen molar-refractivity contribution in [2.75, 3.05) is 13.2 Å². The number of rotatable bonds is 9. The van der Waals surface area contributed by atoms with Gasteiger partial charge in [0.1, 0.15) is 11.6 Å². The Kier molecular flexibility index (Phi) is 7.69. The molecule has 0 radical (unpaired) electrons. The van der Waals surface area contributed by atoms with Gasteiger partial charge in [-0.3, -0.25) is 14.2 Å². The molecule has 0 aliphatic rings. The van der Waals surface area contributed by atoms with Gasteiger partial charge >= 0.3 is 0 Å². The molecule has 0 fully saturated rings. The Hall–Kier alpha value is -2.86. The van der Waals surface area contributed by atoms with Gasteiger partial charge in [-0.2, -0.15) is 0 Å². The highest BCUT2D eigenvalue weighted by molar-refractivity contribution is 6.31. The van der Waals surface area contributed by atoms with Gasteiger partial charge in [-0.25, -0.2) is 4.98 Å². The van der Waals surface area contributed by atoms with Crippen molar-refractivity contribution in [3.63, 3.8) is 0 Å². The molecule has 0 bridgehead atoms. The minimum atomic E-state index is -0.394. The zero-order chi connectivity index (χ0) is 22.4. The summed E-state index contributed by atoms with van der Waals surface area (Å²) in [7, 11) is 0. The zero-order valence-corrected chi connectivity index (χ0v) is 18.9. The van der Waals surface area contributed by atoms with E-state index >= 15 is 0 Å². The molecule has 1 amide bonds. The summed E-state index contributed by atoms with van der Waals surface area (Å²) in [6.07, 6.45) is 1.79. The van der Waals surface area contributed by atoms with Crippen LogP contribution in [0.1, 0.15) is 45.5 Å². The fourth-order valence-electron chi connectivity index (χ4n) is 3.58. The van der Waals surface area contributed by atoms with Crippen molar-refractivity contribution >= 4 is 28.4 Å². The molecule has 0 aliphatic heterocycles. The quantitative estimate of drug-likeness (QED) is 0.476. The molecule has 0 saturated carbocycles. The Labute approximate surface area is 187 Å². The van der Waals surface area contributed by atoms with Crippen LogP contribution in [0.25, 0.3) is 10.9 Å². The molecule has 1 heterocycles.